The van der Waals surface area contributed by atoms with Crippen molar-refractivity contribution in [3.63, 3.8) is 0 Å². The van der Waals surface area contributed by atoms with E-state index >= 15 is 0 Å². The van der Waals surface area contributed by atoms with Crippen LogP contribution in [0.25, 0.3) is 5.69 Å². The number of aromatic nitrogens is 1. The van der Waals surface area contributed by atoms with Crippen LogP contribution in [-0.2, 0) is 21.4 Å². The number of nitrogens with one attached hydrogen (secondary N) is 1. The van der Waals surface area contributed by atoms with Crippen LogP contribution in [0.3, 0.4) is 0 Å². The van der Waals surface area contributed by atoms with Gasteiger partial charge in [0.15, 0.2) is 0 Å². The van der Waals surface area contributed by atoms with Gasteiger partial charge in [-0.25, -0.2) is 13.8 Å². The number of carbonyl (C=O) groups excluding carboxylic acids is 1. The summed E-state index contributed by atoms with van der Waals surface area (Å²) in [4.78, 5) is 12.8. The Labute approximate surface area is 216 Å². The zero-order valence-electron chi connectivity index (χ0n) is 20.8. The van der Waals surface area contributed by atoms with Gasteiger partial charge in [-0.2, -0.15) is 9.41 Å². The van der Waals surface area contributed by atoms with Crippen molar-refractivity contribution in [1.82, 2.24) is 14.3 Å². The van der Waals surface area contributed by atoms with Crippen LogP contribution in [0.1, 0.15) is 22.7 Å². The molecule has 0 fully saturated rings. The van der Waals surface area contributed by atoms with Gasteiger partial charge >= 0.3 is 0 Å². The summed E-state index contributed by atoms with van der Waals surface area (Å²) < 4.78 is 40.1. The molecular formula is C27H28N4O5S. The number of aryl methyl sites for hydroxylation is 1. The van der Waals surface area contributed by atoms with Gasteiger partial charge in [0, 0.05) is 22.6 Å². The minimum Gasteiger partial charge on any atom is -0.497 e. The molecule has 2 aromatic heterocycles. The van der Waals surface area contributed by atoms with Crippen LogP contribution in [-0.4, -0.2) is 43.1 Å². The Bertz CT molecular complexity index is 1480. The van der Waals surface area contributed by atoms with E-state index in [2.05, 4.69) is 15.1 Å². The number of rotatable bonds is 10. The number of furan rings is 1. The lowest BCUT2D eigenvalue weighted by Gasteiger charge is -2.20. The summed E-state index contributed by atoms with van der Waals surface area (Å²) in [5, 5.41) is 4.08. The van der Waals surface area contributed by atoms with Gasteiger partial charge in [-0.3, -0.25) is 4.79 Å². The fourth-order valence-corrected chi connectivity index (χ4v) is 5.34. The first-order valence-corrected chi connectivity index (χ1v) is 13.0. The molecule has 0 aliphatic heterocycles. The second kappa shape index (κ2) is 11.3. The molecule has 1 amide bonds. The monoisotopic (exact) mass is 520 g/mol. The van der Waals surface area contributed by atoms with Crippen molar-refractivity contribution >= 4 is 22.1 Å². The van der Waals surface area contributed by atoms with Gasteiger partial charge in [0.05, 0.1) is 37.6 Å². The van der Waals surface area contributed by atoms with Gasteiger partial charge < -0.3 is 13.7 Å². The third-order valence-corrected chi connectivity index (χ3v) is 7.61. The maximum atomic E-state index is 13.2. The Hall–Kier alpha value is -4.15. The molecule has 0 unspecified atom stereocenters. The van der Waals surface area contributed by atoms with Gasteiger partial charge in [-0.05, 0) is 68.4 Å². The van der Waals surface area contributed by atoms with E-state index < -0.39 is 22.5 Å². The molecule has 1 N–H and O–H groups in total. The van der Waals surface area contributed by atoms with E-state index in [1.165, 1.54) is 18.4 Å². The molecule has 0 bridgehead atoms. The van der Waals surface area contributed by atoms with Crippen molar-refractivity contribution in [2.45, 2.75) is 25.3 Å². The summed E-state index contributed by atoms with van der Waals surface area (Å²) >= 11 is 0. The molecule has 0 saturated carbocycles. The van der Waals surface area contributed by atoms with E-state index in [0.717, 1.165) is 32.7 Å². The Kier molecular flexibility index (Phi) is 7.90. The Morgan fingerprint density at radius 3 is 2.46 bits per heavy atom. The zero-order chi connectivity index (χ0) is 26.4. The fraction of sp³-hybridized carbons (Fsp3) is 0.185. The predicted molar refractivity (Wildman–Crippen MR) is 140 cm³/mol. The summed E-state index contributed by atoms with van der Waals surface area (Å²) in [7, 11) is -2.32. The second-order valence-corrected chi connectivity index (χ2v) is 10.3. The standard InChI is InChI=1S/C27H28N4O5S/c1-20-16-22(21(2)31(20)23-11-13-24(35-3)14-12-23)17-28-29-27(32)19-30(18-25-8-7-15-36-25)37(33,34)26-9-5-4-6-10-26/h4-17H,18-19H2,1-3H3,(H,29,32)/b28-17+. The second-order valence-electron chi connectivity index (χ2n) is 8.32. The van der Waals surface area contributed by atoms with Gasteiger partial charge in [-0.15, -0.1) is 0 Å². The summed E-state index contributed by atoms with van der Waals surface area (Å²) in [5.41, 5.74) is 6.16. The minimum atomic E-state index is -3.95. The van der Waals surface area contributed by atoms with E-state index in [9.17, 15) is 13.2 Å². The average Bonchev–Trinajstić information content (AvgIpc) is 3.51. The Morgan fingerprint density at radius 1 is 1.08 bits per heavy atom. The highest BCUT2D eigenvalue weighted by molar-refractivity contribution is 7.89. The lowest BCUT2D eigenvalue weighted by atomic mass is 10.2. The molecule has 0 aliphatic rings. The maximum Gasteiger partial charge on any atom is 0.255 e. The Morgan fingerprint density at radius 2 is 1.81 bits per heavy atom. The Balaban J connectivity index is 1.48. The fourth-order valence-electron chi connectivity index (χ4n) is 3.96. The van der Waals surface area contributed by atoms with Crippen LogP contribution in [0.4, 0.5) is 0 Å². The minimum absolute atomic E-state index is 0.0869. The molecule has 2 aromatic carbocycles. The van der Waals surface area contributed by atoms with E-state index in [-0.39, 0.29) is 11.4 Å². The van der Waals surface area contributed by atoms with Crippen molar-refractivity contribution < 1.29 is 22.4 Å². The van der Waals surface area contributed by atoms with Crippen molar-refractivity contribution in [3.8, 4) is 11.4 Å². The summed E-state index contributed by atoms with van der Waals surface area (Å²) in [5.74, 6) is 0.610. The molecule has 2 heterocycles. The average molecular weight is 521 g/mol. The number of hydrogen-bond donors (Lipinski definition) is 1. The highest BCUT2D eigenvalue weighted by Gasteiger charge is 2.27. The summed E-state index contributed by atoms with van der Waals surface area (Å²) in [6, 6.07) is 20.9. The maximum absolute atomic E-state index is 13.2. The van der Waals surface area contributed by atoms with E-state index in [0.29, 0.717) is 5.76 Å². The quantitative estimate of drug-likeness (QED) is 0.251. The largest absolute Gasteiger partial charge is 0.497 e. The molecule has 10 heteroatoms. The molecule has 0 aliphatic carbocycles. The van der Waals surface area contributed by atoms with Crippen molar-refractivity contribution in [1.29, 1.82) is 0 Å². The van der Waals surface area contributed by atoms with E-state index in [1.807, 2.05) is 44.2 Å². The number of methoxy groups -OCH3 is 1. The molecule has 0 saturated heterocycles. The lowest BCUT2D eigenvalue weighted by Crippen LogP contribution is -2.39. The van der Waals surface area contributed by atoms with Gasteiger partial charge in [0.2, 0.25) is 10.0 Å². The summed E-state index contributed by atoms with van der Waals surface area (Å²) in [6.07, 6.45) is 3.00. The first-order chi connectivity index (χ1) is 17.8. The molecule has 0 spiro atoms. The highest BCUT2D eigenvalue weighted by Crippen LogP contribution is 2.22. The third-order valence-electron chi connectivity index (χ3n) is 5.81. The number of hydrazone groups is 1. The number of benzene rings is 2. The highest BCUT2D eigenvalue weighted by atomic mass is 32.2. The number of ether oxygens (including phenoxy) is 1. The van der Waals surface area contributed by atoms with Crippen LogP contribution < -0.4 is 10.2 Å². The van der Waals surface area contributed by atoms with Gasteiger partial charge in [-0.1, -0.05) is 18.2 Å². The van der Waals surface area contributed by atoms with Crippen molar-refractivity contribution in [2.75, 3.05) is 13.7 Å². The molecule has 0 radical (unpaired) electrons. The number of nitrogens with zero attached hydrogens (tertiary/aromatic N) is 3. The molecule has 192 valence electrons. The van der Waals surface area contributed by atoms with E-state index in [4.69, 9.17) is 9.15 Å². The first-order valence-electron chi connectivity index (χ1n) is 11.5. The number of sulfonamides is 1. The van der Waals surface area contributed by atoms with Crippen LogP contribution in [0.2, 0.25) is 0 Å². The van der Waals surface area contributed by atoms with Crippen LogP contribution in [0, 0.1) is 13.8 Å². The number of amides is 1. The topological polar surface area (TPSA) is 106 Å². The molecule has 37 heavy (non-hydrogen) atoms. The third kappa shape index (κ3) is 5.99. The molecular weight excluding hydrogens is 492 g/mol. The van der Waals surface area contributed by atoms with Crippen LogP contribution in [0.5, 0.6) is 5.75 Å². The van der Waals surface area contributed by atoms with Crippen molar-refractivity contribution in [2.24, 2.45) is 5.10 Å². The number of carbonyl (C=O) groups is 1. The van der Waals surface area contributed by atoms with Gasteiger partial charge in [0.25, 0.3) is 5.91 Å². The van der Waals surface area contributed by atoms with Crippen molar-refractivity contribution in [3.05, 3.63) is 102 Å². The smallest absolute Gasteiger partial charge is 0.255 e. The molecule has 9 nitrogen and oxygen atoms in total. The first kappa shape index (κ1) is 25.9. The van der Waals surface area contributed by atoms with Crippen LogP contribution in [0.15, 0.2) is 93.5 Å². The predicted octanol–water partition coefficient (Wildman–Crippen LogP) is 4.04. The van der Waals surface area contributed by atoms with E-state index in [1.54, 1.807) is 43.7 Å². The SMILES string of the molecule is COc1ccc(-n2c(C)cc(/C=N/NC(=O)CN(Cc3ccco3)S(=O)(=O)c3ccccc3)c2C)cc1. The normalized spacial score (nSPS) is 11.8. The molecule has 4 aromatic rings. The zero-order valence-corrected chi connectivity index (χ0v) is 21.6. The molecule has 0 atom stereocenters. The van der Waals surface area contributed by atoms with Gasteiger partial charge in [0.1, 0.15) is 11.5 Å². The molecule has 4 rings (SSSR count). The summed E-state index contributed by atoms with van der Waals surface area (Å²) in [6.45, 7) is 3.41. The van der Waals surface area contributed by atoms with Crippen LogP contribution >= 0.6 is 0 Å². The number of hydrogen-bond acceptors (Lipinski definition) is 6. The lowest BCUT2D eigenvalue weighted by molar-refractivity contribution is -0.121.